The van der Waals surface area contributed by atoms with Gasteiger partial charge in [0, 0.05) is 18.5 Å². The minimum Gasteiger partial charge on any atom is -0.493 e. The first-order valence-electron chi connectivity index (χ1n) is 14.3. The molecule has 0 spiro atoms. The Kier molecular flexibility index (Phi) is 9.85. The molecule has 0 aliphatic carbocycles. The molecule has 230 valence electrons. The molecule has 1 saturated heterocycles. The summed E-state index contributed by atoms with van der Waals surface area (Å²) in [6.07, 6.45) is 4.16. The van der Waals surface area contributed by atoms with Gasteiger partial charge in [0.2, 0.25) is 5.91 Å². The van der Waals surface area contributed by atoms with Gasteiger partial charge in [-0.3, -0.25) is 9.69 Å². The highest BCUT2D eigenvalue weighted by Gasteiger charge is 2.47. The molecule has 1 unspecified atom stereocenters. The number of hydrogen-bond acceptors (Lipinski definition) is 9. The van der Waals surface area contributed by atoms with Gasteiger partial charge in [-0.2, -0.15) is 0 Å². The van der Waals surface area contributed by atoms with Gasteiger partial charge in [0.05, 0.1) is 33.9 Å². The van der Waals surface area contributed by atoms with Crippen molar-refractivity contribution in [1.82, 2.24) is 15.1 Å². The van der Waals surface area contributed by atoms with Gasteiger partial charge in [-0.15, -0.1) is 0 Å². The molecule has 3 aliphatic rings. The molecule has 3 heterocycles. The van der Waals surface area contributed by atoms with E-state index in [9.17, 15) is 19.2 Å². The van der Waals surface area contributed by atoms with E-state index in [1.54, 1.807) is 12.0 Å². The van der Waals surface area contributed by atoms with E-state index >= 15 is 0 Å². The summed E-state index contributed by atoms with van der Waals surface area (Å²) in [5.74, 6) is 0.0384. The molecule has 42 heavy (non-hydrogen) atoms. The number of cyclic esters (lactones) is 1. The van der Waals surface area contributed by atoms with Gasteiger partial charge in [0.15, 0.2) is 11.5 Å². The molecule has 1 aromatic rings. The molecular formula is C30H41N3O9. The van der Waals surface area contributed by atoms with E-state index in [1.165, 1.54) is 12.0 Å². The van der Waals surface area contributed by atoms with Gasteiger partial charge >= 0.3 is 18.2 Å². The van der Waals surface area contributed by atoms with Crippen LogP contribution in [0.4, 0.5) is 9.59 Å². The minimum atomic E-state index is -0.992. The monoisotopic (exact) mass is 587 g/mol. The lowest BCUT2D eigenvalue weighted by Crippen LogP contribution is -2.57. The number of fused-ring (bicyclic) bond motifs is 3. The van der Waals surface area contributed by atoms with Crippen LogP contribution >= 0.6 is 0 Å². The van der Waals surface area contributed by atoms with E-state index in [0.29, 0.717) is 31.1 Å². The van der Waals surface area contributed by atoms with Crippen molar-refractivity contribution in [3.8, 4) is 11.5 Å². The van der Waals surface area contributed by atoms with Crippen molar-refractivity contribution in [2.75, 3.05) is 34.0 Å². The lowest BCUT2D eigenvalue weighted by atomic mass is 9.85. The second-order valence-corrected chi connectivity index (χ2v) is 11.7. The number of nitrogens with zero attached hydrogens (tertiary/aromatic N) is 2. The first-order valence-corrected chi connectivity index (χ1v) is 14.3. The predicted octanol–water partition coefficient (Wildman–Crippen LogP) is 3.55. The van der Waals surface area contributed by atoms with Crippen LogP contribution in [-0.2, 0) is 36.9 Å². The molecule has 3 amide bonds. The second-order valence-electron chi connectivity index (χ2n) is 11.7. The summed E-state index contributed by atoms with van der Waals surface area (Å²) < 4.78 is 27.7. The molecule has 0 aromatic heterocycles. The highest BCUT2D eigenvalue weighted by atomic mass is 16.6. The van der Waals surface area contributed by atoms with Crippen molar-refractivity contribution in [3.05, 3.63) is 35.4 Å². The summed E-state index contributed by atoms with van der Waals surface area (Å²) in [4.78, 5) is 55.3. The Morgan fingerprint density at radius 1 is 1.05 bits per heavy atom. The lowest BCUT2D eigenvalue weighted by Gasteiger charge is -2.34. The lowest BCUT2D eigenvalue weighted by molar-refractivity contribution is -0.152. The van der Waals surface area contributed by atoms with Crippen molar-refractivity contribution in [2.45, 2.75) is 77.7 Å². The number of alkyl carbamates (subject to hydrolysis) is 1. The molecule has 1 N–H and O–H groups in total. The number of methoxy groups -OCH3 is 2. The van der Waals surface area contributed by atoms with Crippen molar-refractivity contribution in [3.63, 3.8) is 0 Å². The number of nitrogens with one attached hydrogen (secondary N) is 1. The Morgan fingerprint density at radius 2 is 1.83 bits per heavy atom. The summed E-state index contributed by atoms with van der Waals surface area (Å²) in [5, 5.41) is 2.69. The number of ether oxygens (including phenoxy) is 5. The molecule has 0 saturated carbocycles. The molecule has 4 bridgehead atoms. The number of carbonyl (C=O) groups excluding carboxylic acids is 4. The average Bonchev–Trinajstić information content (AvgIpc) is 3.58. The number of amides is 3. The first-order chi connectivity index (χ1) is 20.0. The molecule has 0 radical (unpaired) electrons. The van der Waals surface area contributed by atoms with Crippen molar-refractivity contribution in [1.29, 1.82) is 0 Å². The summed E-state index contributed by atoms with van der Waals surface area (Å²) in [7, 11) is 2.81. The van der Waals surface area contributed by atoms with Crippen LogP contribution in [0, 0.1) is 5.41 Å². The standard InChI is InChI=1S/C30H41N3O9/c1-30(2,3)25-26(34)33-17-20(15-22(33)27(35)39-5)42-29(37)32-16-19-11-12-23(38-4)24(21(19)18-32)40-13-9-7-6-8-10-14-41-28(36)31-25/h7,9,11-12,20,22,25H,6,8,10,13-18H2,1-5H3,(H,31,36)/b9-7+/t20-,22?,25-/m1/s1. The van der Waals surface area contributed by atoms with E-state index in [2.05, 4.69) is 5.32 Å². The zero-order chi connectivity index (χ0) is 30.4. The van der Waals surface area contributed by atoms with Crippen molar-refractivity contribution < 1.29 is 42.9 Å². The van der Waals surface area contributed by atoms with Crippen LogP contribution in [0.3, 0.4) is 0 Å². The molecule has 12 nitrogen and oxygen atoms in total. The minimum absolute atomic E-state index is 0.0248. The largest absolute Gasteiger partial charge is 0.493 e. The maximum Gasteiger partial charge on any atom is 0.410 e. The van der Waals surface area contributed by atoms with Crippen molar-refractivity contribution in [2.24, 2.45) is 5.41 Å². The van der Waals surface area contributed by atoms with E-state index < -0.39 is 47.7 Å². The molecule has 4 rings (SSSR count). The van der Waals surface area contributed by atoms with Crippen molar-refractivity contribution >= 4 is 24.1 Å². The highest BCUT2D eigenvalue weighted by Crippen LogP contribution is 2.39. The number of hydrogen-bond donors (Lipinski definition) is 1. The number of allylic oxidation sites excluding steroid dienone is 1. The Bertz CT molecular complexity index is 1210. The van der Waals surface area contributed by atoms with E-state index in [-0.39, 0.29) is 26.1 Å². The number of carbonyl (C=O) groups is 4. The van der Waals surface area contributed by atoms with Gasteiger partial charge in [-0.05, 0) is 36.3 Å². The summed E-state index contributed by atoms with van der Waals surface area (Å²) >= 11 is 0. The van der Waals surface area contributed by atoms with Crippen LogP contribution in [0.2, 0.25) is 0 Å². The number of rotatable bonds is 2. The fraction of sp³-hybridized carbons (Fsp3) is 0.600. The third kappa shape index (κ3) is 7.08. The molecule has 3 aliphatic heterocycles. The smallest absolute Gasteiger partial charge is 0.410 e. The van der Waals surface area contributed by atoms with E-state index in [0.717, 1.165) is 24.0 Å². The summed E-state index contributed by atoms with van der Waals surface area (Å²) in [5.41, 5.74) is 1.06. The topological polar surface area (TPSA) is 133 Å². The predicted molar refractivity (Wildman–Crippen MR) is 151 cm³/mol. The van der Waals surface area contributed by atoms with Crippen LogP contribution in [0.1, 0.15) is 57.6 Å². The second kappa shape index (κ2) is 13.3. The third-order valence-electron chi connectivity index (χ3n) is 7.66. The Labute approximate surface area is 246 Å². The first kappa shape index (κ1) is 31.0. The zero-order valence-electron chi connectivity index (χ0n) is 25.0. The maximum atomic E-state index is 13.8. The zero-order valence-corrected chi connectivity index (χ0v) is 25.0. The quantitative estimate of drug-likeness (QED) is 0.313. The van der Waals surface area contributed by atoms with Crippen LogP contribution in [0.5, 0.6) is 11.5 Å². The highest BCUT2D eigenvalue weighted by molar-refractivity contribution is 5.91. The molecule has 1 aromatic carbocycles. The Hall–Kier alpha value is -3.96. The molecule has 12 heteroatoms. The Morgan fingerprint density at radius 3 is 2.55 bits per heavy atom. The van der Waals surface area contributed by atoms with Gasteiger partial charge in [-0.1, -0.05) is 39.0 Å². The summed E-state index contributed by atoms with van der Waals surface area (Å²) in [6, 6.07) is 1.75. The fourth-order valence-corrected chi connectivity index (χ4v) is 5.39. The van der Waals surface area contributed by atoms with Gasteiger partial charge in [0.1, 0.15) is 24.8 Å². The van der Waals surface area contributed by atoms with E-state index in [4.69, 9.17) is 23.7 Å². The molecular weight excluding hydrogens is 546 g/mol. The van der Waals surface area contributed by atoms with Gasteiger partial charge in [0.25, 0.3) is 0 Å². The fourth-order valence-electron chi connectivity index (χ4n) is 5.39. The normalized spacial score (nSPS) is 24.8. The van der Waals surface area contributed by atoms with Gasteiger partial charge < -0.3 is 33.9 Å². The van der Waals surface area contributed by atoms with Crippen LogP contribution in [0.25, 0.3) is 0 Å². The molecule has 1 fully saturated rings. The number of esters is 1. The van der Waals surface area contributed by atoms with Crippen LogP contribution < -0.4 is 14.8 Å². The molecule has 3 atom stereocenters. The summed E-state index contributed by atoms with van der Waals surface area (Å²) in [6.45, 7) is 6.50. The SMILES string of the molecule is COC(=O)C1C[C@@H]2CN1C(=O)[C@H](C(C)(C)C)NC(=O)OCCCC/C=C/COc1c(OC)ccc3c1CN(C3)C(=O)O2. The number of benzene rings is 1. The Balaban J connectivity index is 1.60. The van der Waals surface area contributed by atoms with E-state index in [1.807, 2.05) is 45.1 Å². The average molecular weight is 588 g/mol. The maximum absolute atomic E-state index is 13.8. The van der Waals surface area contributed by atoms with Crippen LogP contribution in [-0.4, -0.2) is 86.0 Å². The third-order valence-corrected chi connectivity index (χ3v) is 7.66. The van der Waals surface area contributed by atoms with Gasteiger partial charge in [-0.25, -0.2) is 14.4 Å². The van der Waals surface area contributed by atoms with Crippen LogP contribution in [0.15, 0.2) is 24.3 Å².